The lowest BCUT2D eigenvalue weighted by Gasteiger charge is -2.21. The predicted octanol–water partition coefficient (Wildman–Crippen LogP) is 3.62. The molecule has 0 fully saturated rings. The van der Waals surface area contributed by atoms with Crippen molar-refractivity contribution in [3.8, 4) is 5.75 Å². The van der Waals surface area contributed by atoms with Crippen molar-refractivity contribution in [2.45, 2.75) is 46.2 Å². The number of aliphatic imine (C=N–C) groups is 4. The van der Waals surface area contributed by atoms with Gasteiger partial charge in [-0.3, -0.25) is 4.99 Å². The molecule has 31 heavy (non-hydrogen) atoms. The van der Waals surface area contributed by atoms with Gasteiger partial charge >= 0.3 is 0 Å². The van der Waals surface area contributed by atoms with E-state index in [1.54, 1.807) is 18.9 Å². The molecule has 2 aliphatic rings. The molecular weight excluding hydrogens is 390 g/mol. The number of nitrogens with two attached hydrogens (primary N) is 1. The van der Waals surface area contributed by atoms with Crippen LogP contribution >= 0.6 is 0 Å². The van der Waals surface area contributed by atoms with E-state index in [1.807, 2.05) is 56.0 Å². The van der Waals surface area contributed by atoms with Crippen molar-refractivity contribution < 1.29 is 4.74 Å². The average Bonchev–Trinajstić information content (AvgIpc) is 3.00. The van der Waals surface area contributed by atoms with E-state index in [-0.39, 0.29) is 12.1 Å². The van der Waals surface area contributed by atoms with E-state index in [9.17, 15) is 0 Å². The molecule has 0 amide bonds. The number of benzene rings is 1. The van der Waals surface area contributed by atoms with E-state index >= 15 is 0 Å². The lowest BCUT2D eigenvalue weighted by molar-refractivity contribution is 0.414. The van der Waals surface area contributed by atoms with Gasteiger partial charge in [0.2, 0.25) is 5.88 Å². The fraction of sp³-hybridized carbons (Fsp3) is 0.348. The molecule has 0 aliphatic carbocycles. The Morgan fingerprint density at radius 2 is 2.29 bits per heavy atom. The lowest BCUT2D eigenvalue weighted by Crippen LogP contribution is -2.31. The van der Waals surface area contributed by atoms with E-state index in [0.29, 0.717) is 12.4 Å². The number of aryl methyl sites for hydroxylation is 1. The van der Waals surface area contributed by atoms with Crippen molar-refractivity contribution in [3.05, 3.63) is 53.7 Å². The third-order valence-electron chi connectivity index (χ3n) is 4.91. The van der Waals surface area contributed by atoms with Crippen LogP contribution in [0.25, 0.3) is 0 Å². The summed E-state index contributed by atoms with van der Waals surface area (Å²) in [5.41, 5.74) is 10.8. The molecule has 0 saturated carbocycles. The first-order valence-corrected chi connectivity index (χ1v) is 10.3. The van der Waals surface area contributed by atoms with Crippen LogP contribution in [0.4, 0.5) is 5.69 Å². The largest absolute Gasteiger partial charge is 0.439 e. The van der Waals surface area contributed by atoms with Gasteiger partial charge in [-0.05, 0) is 57.0 Å². The Labute approximate surface area is 183 Å². The third-order valence-corrected chi connectivity index (χ3v) is 4.91. The maximum atomic E-state index is 5.98. The molecule has 8 nitrogen and oxygen atoms in total. The number of amidine groups is 2. The fourth-order valence-corrected chi connectivity index (χ4v) is 2.90. The molecule has 2 heterocycles. The topological polar surface area (TPSA) is 100.0 Å². The summed E-state index contributed by atoms with van der Waals surface area (Å²) in [6.45, 7) is 8.59. The van der Waals surface area contributed by atoms with Crippen LogP contribution < -0.4 is 15.8 Å². The summed E-state index contributed by atoms with van der Waals surface area (Å²) < 4.78 is 5.98. The molecule has 0 spiro atoms. The number of ether oxygens (including phenoxy) is 1. The van der Waals surface area contributed by atoms with Gasteiger partial charge in [-0.2, -0.15) is 0 Å². The quantitative estimate of drug-likeness (QED) is 0.400. The van der Waals surface area contributed by atoms with Crippen LogP contribution in [0.3, 0.4) is 0 Å². The Hall–Kier alpha value is -3.48. The number of rotatable bonds is 7. The molecule has 1 unspecified atom stereocenters. The van der Waals surface area contributed by atoms with E-state index in [0.717, 1.165) is 35.1 Å². The Morgan fingerprint density at radius 3 is 3.06 bits per heavy atom. The highest BCUT2D eigenvalue weighted by atomic mass is 16.5. The molecule has 2 aliphatic heterocycles. The fourth-order valence-electron chi connectivity index (χ4n) is 2.90. The predicted molar refractivity (Wildman–Crippen MR) is 128 cm³/mol. The Bertz CT molecular complexity index is 1010. The summed E-state index contributed by atoms with van der Waals surface area (Å²) in [5.74, 6) is 2.72. The zero-order valence-corrected chi connectivity index (χ0v) is 18.4. The Kier molecular flexibility index (Phi) is 7.54. The summed E-state index contributed by atoms with van der Waals surface area (Å²) in [4.78, 5) is 19.3. The summed E-state index contributed by atoms with van der Waals surface area (Å²) in [7, 11) is 0. The van der Waals surface area contributed by atoms with Crippen LogP contribution in [-0.4, -0.2) is 47.9 Å². The number of nitrogens with zero attached hydrogens (tertiary/aromatic N) is 5. The molecule has 1 aromatic carbocycles. The molecular formula is C23H29N7O. The monoisotopic (exact) mass is 419 g/mol. The van der Waals surface area contributed by atoms with Crippen molar-refractivity contribution in [2.24, 2.45) is 25.7 Å². The van der Waals surface area contributed by atoms with Gasteiger partial charge in [-0.15, -0.1) is 5.73 Å². The average molecular weight is 420 g/mol. The van der Waals surface area contributed by atoms with Gasteiger partial charge in [-0.1, -0.05) is 6.92 Å². The molecule has 2 atom stereocenters. The molecule has 3 N–H and O–H groups in total. The first-order chi connectivity index (χ1) is 15.0. The number of hydrogen-bond donors (Lipinski definition) is 2. The second kappa shape index (κ2) is 10.5. The standard InChI is InChI=1S/C23H29N7O/c1-5-20(24)17(3)26-14-27-18(4)29-19-8-9-21(16(2)12-19)31-23-13-22-25-10-6-7-11-30(22)15-28-23/h7-10,12-15,17,20H,5,11,24H2,1-4H3,(H,26,27,29)/t17-,20?/m1/s1. The van der Waals surface area contributed by atoms with Crippen LogP contribution in [0.5, 0.6) is 5.75 Å². The summed E-state index contributed by atoms with van der Waals surface area (Å²) in [6.07, 6.45) is 9.51. The molecule has 162 valence electrons. The summed E-state index contributed by atoms with van der Waals surface area (Å²) in [5, 5.41) is 3.26. The Morgan fingerprint density at radius 1 is 1.45 bits per heavy atom. The van der Waals surface area contributed by atoms with Crippen molar-refractivity contribution in [1.82, 2.24) is 4.90 Å². The number of anilines is 1. The minimum Gasteiger partial charge on any atom is -0.439 e. The highest BCUT2D eigenvalue weighted by Crippen LogP contribution is 2.25. The van der Waals surface area contributed by atoms with Crippen LogP contribution in [0.1, 0.15) is 32.8 Å². The lowest BCUT2D eigenvalue weighted by atomic mass is 10.1. The smallest absolute Gasteiger partial charge is 0.224 e. The first kappa shape index (κ1) is 22.2. The van der Waals surface area contributed by atoms with Gasteiger partial charge < -0.3 is 20.7 Å². The van der Waals surface area contributed by atoms with E-state index in [1.165, 1.54) is 0 Å². The normalized spacial score (nSPS) is 17.7. The Balaban J connectivity index is 1.63. The van der Waals surface area contributed by atoms with E-state index in [4.69, 9.17) is 10.5 Å². The van der Waals surface area contributed by atoms with Crippen LogP contribution in [0, 0.1) is 6.92 Å². The van der Waals surface area contributed by atoms with Gasteiger partial charge in [0.1, 0.15) is 30.1 Å². The number of fused-ring (bicyclic) bond motifs is 1. The molecule has 0 radical (unpaired) electrons. The van der Waals surface area contributed by atoms with Crippen molar-refractivity contribution in [3.63, 3.8) is 0 Å². The molecule has 1 aromatic rings. The maximum Gasteiger partial charge on any atom is 0.224 e. The molecule has 8 heteroatoms. The van der Waals surface area contributed by atoms with Gasteiger partial charge in [-0.25, -0.2) is 15.0 Å². The van der Waals surface area contributed by atoms with Gasteiger partial charge in [0.25, 0.3) is 0 Å². The molecule has 3 rings (SSSR count). The second-order valence-corrected chi connectivity index (χ2v) is 7.37. The summed E-state index contributed by atoms with van der Waals surface area (Å²) in [6, 6.07) is 5.92. The minimum atomic E-state index is 0.0419. The van der Waals surface area contributed by atoms with Crippen LogP contribution in [0.2, 0.25) is 0 Å². The third kappa shape index (κ3) is 6.25. The van der Waals surface area contributed by atoms with Crippen LogP contribution in [0.15, 0.2) is 68.1 Å². The van der Waals surface area contributed by atoms with Crippen molar-refractivity contribution in [2.75, 3.05) is 11.9 Å². The van der Waals surface area contributed by atoms with Gasteiger partial charge in [0, 0.05) is 17.8 Å². The van der Waals surface area contributed by atoms with Crippen molar-refractivity contribution >= 4 is 30.0 Å². The number of hydrogen-bond acceptors (Lipinski definition) is 6. The van der Waals surface area contributed by atoms with Crippen LogP contribution in [-0.2, 0) is 0 Å². The minimum absolute atomic E-state index is 0.0419. The second-order valence-electron chi connectivity index (χ2n) is 7.37. The highest BCUT2D eigenvalue weighted by molar-refractivity contribution is 6.02. The molecule has 0 aromatic heterocycles. The first-order valence-electron chi connectivity index (χ1n) is 10.3. The zero-order chi connectivity index (χ0) is 22.2. The highest BCUT2D eigenvalue weighted by Gasteiger charge is 2.15. The maximum absolute atomic E-state index is 5.98. The van der Waals surface area contributed by atoms with Gasteiger partial charge in [0.05, 0.1) is 18.8 Å². The molecule has 0 bridgehead atoms. The van der Waals surface area contributed by atoms with E-state index < -0.39 is 0 Å². The SMILES string of the molecule is CCC(N)[C@@H](C)/N=C\N=C(/C)Nc1ccc(OC2=CC3=NC=C=CCN3C=N2)c(C)c1. The van der Waals surface area contributed by atoms with Crippen molar-refractivity contribution in [1.29, 1.82) is 0 Å². The number of nitrogens with one attached hydrogen (secondary N) is 1. The van der Waals surface area contributed by atoms with E-state index in [2.05, 4.69) is 37.9 Å². The van der Waals surface area contributed by atoms with Gasteiger partial charge in [0.15, 0.2) is 0 Å². The zero-order valence-electron chi connectivity index (χ0n) is 18.4. The molecule has 0 saturated heterocycles. The summed E-state index contributed by atoms with van der Waals surface area (Å²) >= 11 is 0.